The molecule has 0 spiro atoms. The van der Waals surface area contributed by atoms with E-state index in [-0.39, 0.29) is 18.6 Å². The van der Waals surface area contributed by atoms with E-state index < -0.39 is 15.8 Å². The first-order chi connectivity index (χ1) is 8.04. The van der Waals surface area contributed by atoms with Gasteiger partial charge in [-0.2, -0.15) is 0 Å². The molecule has 7 heteroatoms. The minimum Gasteiger partial charge on any atom is -0.318 e. The Morgan fingerprint density at radius 2 is 2.35 bits per heavy atom. The van der Waals surface area contributed by atoms with Crippen LogP contribution < -0.4 is 0 Å². The summed E-state index contributed by atoms with van der Waals surface area (Å²) in [6, 6.07) is 1.69. The molecule has 2 rings (SSSR count). The van der Waals surface area contributed by atoms with Crippen LogP contribution in [0.2, 0.25) is 0 Å². The van der Waals surface area contributed by atoms with Crippen molar-refractivity contribution in [1.82, 2.24) is 0 Å². The van der Waals surface area contributed by atoms with Crippen LogP contribution >= 0.6 is 11.3 Å². The Balaban J connectivity index is 2.33. The van der Waals surface area contributed by atoms with E-state index in [0.717, 1.165) is 0 Å². The molecule has 1 aliphatic heterocycles. The Hall–Kier alpha value is -1.21. The van der Waals surface area contributed by atoms with Gasteiger partial charge in [-0.15, -0.1) is 11.3 Å². The zero-order valence-corrected chi connectivity index (χ0v) is 10.8. The summed E-state index contributed by atoms with van der Waals surface area (Å²) in [4.78, 5) is 15.7. The van der Waals surface area contributed by atoms with Gasteiger partial charge in [0.05, 0.1) is 11.5 Å². The van der Waals surface area contributed by atoms with Gasteiger partial charge >= 0.3 is 5.97 Å². The van der Waals surface area contributed by atoms with E-state index in [1.54, 1.807) is 18.4 Å². The number of carbonyl (C=O) groups is 1. The van der Waals surface area contributed by atoms with E-state index in [4.69, 9.17) is 0 Å². The fourth-order valence-electron chi connectivity index (χ4n) is 1.47. The van der Waals surface area contributed by atoms with Crippen molar-refractivity contribution in [1.29, 1.82) is 0 Å². The highest BCUT2D eigenvalue weighted by molar-refractivity contribution is 7.93. The molecule has 0 N–H and O–H groups in total. The predicted molar refractivity (Wildman–Crippen MR) is 63.9 cm³/mol. The van der Waals surface area contributed by atoms with Crippen LogP contribution in [0.5, 0.6) is 0 Å². The summed E-state index contributed by atoms with van der Waals surface area (Å²) in [7, 11) is -3.18. The van der Waals surface area contributed by atoms with Gasteiger partial charge in [0.1, 0.15) is 4.21 Å². The topological polar surface area (TPSA) is 72.8 Å². The molecule has 92 valence electrons. The Morgan fingerprint density at radius 3 is 3.06 bits per heavy atom. The third-order valence-corrected chi connectivity index (χ3v) is 5.66. The molecule has 0 radical (unpaired) electrons. The molecule has 0 aliphatic carbocycles. The molecule has 0 bridgehead atoms. The van der Waals surface area contributed by atoms with Gasteiger partial charge in [0.15, 0.2) is 9.84 Å². The SMILES string of the molecule is CCC(=O)O/N=C1\CCS(=O)(=O)c2sccc21. The number of fused-ring (bicyclic) bond motifs is 1. The normalized spacial score (nSPS) is 19.9. The Labute approximate surface area is 103 Å². The van der Waals surface area contributed by atoms with Crippen molar-refractivity contribution in [3.05, 3.63) is 17.0 Å². The molecule has 1 aromatic heterocycles. The van der Waals surface area contributed by atoms with E-state index in [0.29, 0.717) is 15.5 Å². The third kappa shape index (κ3) is 2.39. The zero-order valence-electron chi connectivity index (χ0n) is 9.17. The highest BCUT2D eigenvalue weighted by Gasteiger charge is 2.29. The smallest absolute Gasteiger partial charge is 0.318 e. The van der Waals surface area contributed by atoms with Crippen molar-refractivity contribution >= 4 is 32.9 Å². The number of nitrogens with zero attached hydrogens (tertiary/aromatic N) is 1. The van der Waals surface area contributed by atoms with Crippen LogP contribution in [0, 0.1) is 0 Å². The van der Waals surface area contributed by atoms with E-state index >= 15 is 0 Å². The van der Waals surface area contributed by atoms with Gasteiger partial charge in [0.25, 0.3) is 0 Å². The number of rotatable bonds is 2. The third-order valence-electron chi connectivity index (χ3n) is 2.38. The van der Waals surface area contributed by atoms with Crippen LogP contribution in [-0.2, 0) is 19.5 Å². The number of hydrogen-bond donors (Lipinski definition) is 0. The van der Waals surface area contributed by atoms with Gasteiger partial charge in [-0.1, -0.05) is 12.1 Å². The van der Waals surface area contributed by atoms with Gasteiger partial charge in [-0.05, 0) is 11.4 Å². The molecule has 0 atom stereocenters. The van der Waals surface area contributed by atoms with Crippen molar-refractivity contribution in [2.75, 3.05) is 5.75 Å². The molecule has 1 aliphatic rings. The predicted octanol–water partition coefficient (Wildman–Crippen LogP) is 1.58. The number of oxime groups is 1. The molecule has 5 nitrogen and oxygen atoms in total. The molecule has 17 heavy (non-hydrogen) atoms. The lowest BCUT2D eigenvalue weighted by atomic mass is 10.1. The maximum atomic E-state index is 11.7. The molecule has 1 aromatic rings. The molecule has 0 aromatic carbocycles. The lowest BCUT2D eigenvalue weighted by molar-refractivity contribution is -0.143. The monoisotopic (exact) mass is 273 g/mol. The minimum atomic E-state index is -3.18. The quantitative estimate of drug-likeness (QED) is 0.606. The van der Waals surface area contributed by atoms with Crippen molar-refractivity contribution in [3.63, 3.8) is 0 Å². The Bertz CT molecular complexity index is 571. The molecular weight excluding hydrogens is 262 g/mol. The van der Waals surface area contributed by atoms with E-state index in [9.17, 15) is 13.2 Å². The lowest BCUT2D eigenvalue weighted by Gasteiger charge is -2.13. The highest BCUT2D eigenvalue weighted by atomic mass is 32.2. The summed E-state index contributed by atoms with van der Waals surface area (Å²) < 4.78 is 23.8. The average Bonchev–Trinajstić information content (AvgIpc) is 2.78. The molecule has 0 unspecified atom stereocenters. The largest absolute Gasteiger partial charge is 0.334 e. The summed E-state index contributed by atoms with van der Waals surface area (Å²) in [5.41, 5.74) is 1.09. The van der Waals surface area contributed by atoms with Crippen LogP contribution in [0.1, 0.15) is 25.3 Å². The van der Waals surface area contributed by atoms with Crippen molar-refractivity contribution in [3.8, 4) is 0 Å². The van der Waals surface area contributed by atoms with Crippen LogP contribution in [0.25, 0.3) is 0 Å². The van der Waals surface area contributed by atoms with Crippen molar-refractivity contribution < 1.29 is 18.0 Å². The number of hydrogen-bond acceptors (Lipinski definition) is 6. The van der Waals surface area contributed by atoms with Crippen molar-refractivity contribution in [2.24, 2.45) is 5.16 Å². The summed E-state index contributed by atoms with van der Waals surface area (Å²) in [6.45, 7) is 1.67. The number of thiophene rings is 1. The molecule has 0 fully saturated rings. The minimum absolute atomic E-state index is 0.0169. The van der Waals surface area contributed by atoms with Gasteiger partial charge in [-0.25, -0.2) is 13.2 Å². The second-order valence-electron chi connectivity index (χ2n) is 3.55. The number of sulfone groups is 1. The second-order valence-corrected chi connectivity index (χ2v) is 6.77. The summed E-state index contributed by atoms with van der Waals surface area (Å²) >= 11 is 1.17. The van der Waals surface area contributed by atoms with Gasteiger partial charge in [0.2, 0.25) is 0 Å². The Kier molecular flexibility index (Phi) is 3.30. The maximum Gasteiger partial charge on any atom is 0.334 e. The van der Waals surface area contributed by atoms with E-state index in [1.165, 1.54) is 11.3 Å². The first kappa shape index (κ1) is 12.3. The Morgan fingerprint density at radius 1 is 1.59 bits per heavy atom. The summed E-state index contributed by atoms with van der Waals surface area (Å²) in [5.74, 6) is -0.411. The molecule has 0 saturated heterocycles. The van der Waals surface area contributed by atoms with Crippen LogP contribution in [0.3, 0.4) is 0 Å². The molecule has 2 heterocycles. The fourth-order valence-corrected chi connectivity index (χ4v) is 4.29. The van der Waals surface area contributed by atoms with E-state index in [2.05, 4.69) is 9.99 Å². The molecular formula is C10H11NO4S2. The molecule has 0 amide bonds. The van der Waals surface area contributed by atoms with Gasteiger partial charge in [0, 0.05) is 18.4 Å². The highest BCUT2D eigenvalue weighted by Crippen LogP contribution is 2.30. The zero-order chi connectivity index (χ0) is 12.5. The average molecular weight is 273 g/mol. The van der Waals surface area contributed by atoms with Gasteiger partial charge < -0.3 is 4.84 Å². The van der Waals surface area contributed by atoms with Crippen LogP contribution in [0.4, 0.5) is 0 Å². The first-order valence-corrected chi connectivity index (χ1v) is 7.65. The van der Waals surface area contributed by atoms with E-state index in [1.807, 2.05) is 0 Å². The number of carbonyl (C=O) groups excluding carboxylic acids is 1. The fraction of sp³-hybridized carbons (Fsp3) is 0.400. The van der Waals surface area contributed by atoms with Crippen LogP contribution in [-0.4, -0.2) is 25.9 Å². The van der Waals surface area contributed by atoms with Gasteiger partial charge in [-0.3, -0.25) is 0 Å². The summed E-state index contributed by atoms with van der Waals surface area (Å²) in [6.07, 6.45) is 0.522. The molecule has 0 saturated carbocycles. The lowest BCUT2D eigenvalue weighted by Crippen LogP contribution is -2.20. The maximum absolute atomic E-state index is 11.7. The standard InChI is InChI=1S/C10H11NO4S2/c1-2-9(12)15-11-8-4-6-17(13,14)10-7(8)3-5-16-10/h3,5H,2,4,6H2,1H3/b11-8+. The first-order valence-electron chi connectivity index (χ1n) is 5.12. The second kappa shape index (κ2) is 4.58. The van der Waals surface area contributed by atoms with Crippen molar-refractivity contribution in [2.45, 2.75) is 24.0 Å². The van der Waals surface area contributed by atoms with Crippen LogP contribution in [0.15, 0.2) is 20.8 Å². The summed E-state index contributed by atoms with van der Waals surface area (Å²) in [5, 5.41) is 5.44.